The standard InChI is InChI=1S/C15H14ClN5O/c1-2-9-21-15(18-19-20-21)17-10-11-7-8-14(22-11)12-5-3-4-6-13(12)16/h2-8H,1,9-10H2,(H,17,18,20). The van der Waals surface area contributed by atoms with Gasteiger partial charge in [-0.25, -0.2) is 4.68 Å². The summed E-state index contributed by atoms with van der Waals surface area (Å²) in [5.74, 6) is 2.06. The Morgan fingerprint density at radius 2 is 2.14 bits per heavy atom. The van der Waals surface area contributed by atoms with Gasteiger partial charge in [0.2, 0.25) is 5.95 Å². The number of benzene rings is 1. The van der Waals surface area contributed by atoms with Crippen LogP contribution in [0.3, 0.4) is 0 Å². The predicted molar refractivity (Wildman–Crippen MR) is 84.5 cm³/mol. The maximum absolute atomic E-state index is 6.17. The van der Waals surface area contributed by atoms with E-state index in [-0.39, 0.29) is 0 Å². The first kappa shape index (κ1) is 14.3. The zero-order chi connectivity index (χ0) is 15.4. The Balaban J connectivity index is 1.71. The van der Waals surface area contributed by atoms with Gasteiger partial charge in [-0.1, -0.05) is 34.9 Å². The van der Waals surface area contributed by atoms with Crippen LogP contribution in [-0.2, 0) is 13.1 Å². The number of rotatable bonds is 6. The van der Waals surface area contributed by atoms with Crippen molar-refractivity contribution in [1.82, 2.24) is 20.2 Å². The monoisotopic (exact) mass is 315 g/mol. The molecule has 0 aliphatic heterocycles. The van der Waals surface area contributed by atoms with Crippen molar-refractivity contribution in [3.05, 3.63) is 59.8 Å². The molecule has 0 bridgehead atoms. The van der Waals surface area contributed by atoms with E-state index >= 15 is 0 Å². The average Bonchev–Trinajstić information content (AvgIpc) is 3.15. The summed E-state index contributed by atoms with van der Waals surface area (Å²) in [6.07, 6.45) is 1.73. The zero-order valence-corrected chi connectivity index (χ0v) is 12.5. The van der Waals surface area contributed by atoms with Gasteiger partial charge in [-0.3, -0.25) is 0 Å². The van der Waals surface area contributed by atoms with Gasteiger partial charge < -0.3 is 9.73 Å². The molecule has 6 nitrogen and oxygen atoms in total. The fourth-order valence-electron chi connectivity index (χ4n) is 2.02. The first-order valence-electron chi connectivity index (χ1n) is 6.72. The van der Waals surface area contributed by atoms with Crippen LogP contribution >= 0.6 is 11.6 Å². The molecule has 1 N–H and O–H groups in total. The summed E-state index contributed by atoms with van der Waals surface area (Å²) in [4.78, 5) is 0. The number of allylic oxidation sites excluding steroid dienone is 1. The summed E-state index contributed by atoms with van der Waals surface area (Å²) < 4.78 is 7.42. The molecule has 0 spiro atoms. The van der Waals surface area contributed by atoms with Crippen LogP contribution < -0.4 is 5.32 Å². The lowest BCUT2D eigenvalue weighted by molar-refractivity contribution is 0.529. The van der Waals surface area contributed by atoms with Crippen LogP contribution in [0.25, 0.3) is 11.3 Å². The van der Waals surface area contributed by atoms with Gasteiger partial charge in [-0.15, -0.1) is 6.58 Å². The van der Waals surface area contributed by atoms with Gasteiger partial charge in [0, 0.05) is 5.56 Å². The SMILES string of the molecule is C=CCn1nnnc1NCc1ccc(-c2ccccc2Cl)o1. The van der Waals surface area contributed by atoms with Gasteiger partial charge >= 0.3 is 0 Å². The van der Waals surface area contributed by atoms with E-state index < -0.39 is 0 Å². The van der Waals surface area contributed by atoms with Crippen LogP contribution in [0.2, 0.25) is 5.02 Å². The van der Waals surface area contributed by atoms with Crippen molar-refractivity contribution >= 4 is 17.5 Å². The van der Waals surface area contributed by atoms with E-state index in [9.17, 15) is 0 Å². The average molecular weight is 316 g/mol. The molecule has 0 aliphatic carbocycles. The molecular weight excluding hydrogens is 302 g/mol. The first-order valence-corrected chi connectivity index (χ1v) is 7.10. The highest BCUT2D eigenvalue weighted by Crippen LogP contribution is 2.29. The number of halogens is 1. The molecule has 3 aromatic rings. The third-order valence-corrected chi connectivity index (χ3v) is 3.39. The molecule has 0 saturated heterocycles. The fourth-order valence-corrected chi connectivity index (χ4v) is 2.25. The lowest BCUT2D eigenvalue weighted by atomic mass is 10.2. The Morgan fingerprint density at radius 3 is 2.95 bits per heavy atom. The van der Waals surface area contributed by atoms with Gasteiger partial charge in [-0.2, -0.15) is 0 Å². The van der Waals surface area contributed by atoms with Crippen molar-refractivity contribution in [3.63, 3.8) is 0 Å². The van der Waals surface area contributed by atoms with E-state index in [1.165, 1.54) is 0 Å². The first-order chi connectivity index (χ1) is 10.8. The number of hydrogen-bond donors (Lipinski definition) is 1. The van der Waals surface area contributed by atoms with Crippen molar-refractivity contribution in [1.29, 1.82) is 0 Å². The highest BCUT2D eigenvalue weighted by molar-refractivity contribution is 6.33. The van der Waals surface area contributed by atoms with E-state index in [1.807, 2.05) is 36.4 Å². The minimum Gasteiger partial charge on any atom is -0.459 e. The molecular formula is C15H14ClN5O. The van der Waals surface area contributed by atoms with E-state index in [2.05, 4.69) is 27.4 Å². The van der Waals surface area contributed by atoms with Crippen molar-refractivity contribution in [2.24, 2.45) is 0 Å². The maximum Gasteiger partial charge on any atom is 0.243 e. The topological polar surface area (TPSA) is 68.8 Å². The molecule has 0 amide bonds. The van der Waals surface area contributed by atoms with Crippen LogP contribution in [0.4, 0.5) is 5.95 Å². The predicted octanol–water partition coefficient (Wildman–Crippen LogP) is 3.38. The Labute approximate surface area is 132 Å². The second kappa shape index (κ2) is 6.44. The summed E-state index contributed by atoms with van der Waals surface area (Å²) in [7, 11) is 0. The Bertz CT molecular complexity index is 780. The summed E-state index contributed by atoms with van der Waals surface area (Å²) in [6.45, 7) is 4.68. The normalized spacial score (nSPS) is 10.6. The summed E-state index contributed by atoms with van der Waals surface area (Å²) >= 11 is 6.17. The number of hydrogen-bond acceptors (Lipinski definition) is 5. The molecule has 2 aromatic heterocycles. The van der Waals surface area contributed by atoms with E-state index in [1.54, 1.807) is 10.8 Å². The van der Waals surface area contributed by atoms with Crippen LogP contribution in [-0.4, -0.2) is 20.2 Å². The second-order valence-corrected chi connectivity index (χ2v) is 4.98. The third kappa shape index (κ3) is 3.01. The van der Waals surface area contributed by atoms with E-state index in [0.29, 0.717) is 24.1 Å². The summed E-state index contributed by atoms with van der Waals surface area (Å²) in [6, 6.07) is 11.4. The molecule has 1 aromatic carbocycles. The van der Waals surface area contributed by atoms with E-state index in [0.717, 1.165) is 17.1 Å². The number of nitrogens with zero attached hydrogens (tertiary/aromatic N) is 4. The van der Waals surface area contributed by atoms with Crippen molar-refractivity contribution in [3.8, 4) is 11.3 Å². The molecule has 0 fully saturated rings. The van der Waals surface area contributed by atoms with Crippen molar-refractivity contribution < 1.29 is 4.42 Å². The lowest BCUT2D eigenvalue weighted by Crippen LogP contribution is -2.07. The summed E-state index contributed by atoms with van der Waals surface area (Å²) in [5.41, 5.74) is 0.868. The van der Waals surface area contributed by atoms with Gasteiger partial charge in [-0.05, 0) is 34.7 Å². The highest BCUT2D eigenvalue weighted by atomic mass is 35.5. The van der Waals surface area contributed by atoms with Crippen LogP contribution in [0.1, 0.15) is 5.76 Å². The minimum absolute atomic E-state index is 0.474. The molecule has 2 heterocycles. The quantitative estimate of drug-likeness (QED) is 0.706. The molecule has 3 rings (SSSR count). The Kier molecular flexibility index (Phi) is 4.20. The number of furan rings is 1. The van der Waals surface area contributed by atoms with Gasteiger partial charge in [0.1, 0.15) is 11.5 Å². The van der Waals surface area contributed by atoms with Gasteiger partial charge in [0.25, 0.3) is 0 Å². The maximum atomic E-state index is 6.17. The largest absolute Gasteiger partial charge is 0.459 e. The molecule has 0 aliphatic rings. The minimum atomic E-state index is 0.474. The number of aromatic nitrogens is 4. The van der Waals surface area contributed by atoms with Crippen molar-refractivity contribution in [2.45, 2.75) is 13.1 Å². The number of tetrazole rings is 1. The molecule has 0 radical (unpaired) electrons. The number of nitrogens with one attached hydrogen (secondary N) is 1. The second-order valence-electron chi connectivity index (χ2n) is 4.57. The van der Waals surface area contributed by atoms with Gasteiger partial charge in [0.15, 0.2) is 0 Å². The van der Waals surface area contributed by atoms with Crippen LogP contribution in [0, 0.1) is 0 Å². The molecule has 112 valence electrons. The smallest absolute Gasteiger partial charge is 0.243 e. The molecule has 22 heavy (non-hydrogen) atoms. The fraction of sp³-hybridized carbons (Fsp3) is 0.133. The molecule has 7 heteroatoms. The van der Waals surface area contributed by atoms with E-state index in [4.69, 9.17) is 16.0 Å². The Morgan fingerprint density at radius 1 is 1.27 bits per heavy atom. The Hall–Kier alpha value is -2.60. The molecule has 0 saturated carbocycles. The van der Waals surface area contributed by atoms with Gasteiger partial charge in [0.05, 0.1) is 18.1 Å². The third-order valence-electron chi connectivity index (χ3n) is 3.06. The van der Waals surface area contributed by atoms with Crippen LogP contribution in [0.15, 0.2) is 53.5 Å². The molecule has 0 atom stereocenters. The highest BCUT2D eigenvalue weighted by Gasteiger charge is 2.09. The molecule has 0 unspecified atom stereocenters. The van der Waals surface area contributed by atoms with Crippen LogP contribution in [0.5, 0.6) is 0 Å². The van der Waals surface area contributed by atoms with Crippen molar-refractivity contribution in [2.75, 3.05) is 5.32 Å². The number of anilines is 1. The zero-order valence-electron chi connectivity index (χ0n) is 11.7. The summed E-state index contributed by atoms with van der Waals surface area (Å²) in [5, 5.41) is 15.2. The lowest BCUT2D eigenvalue weighted by Gasteiger charge is -2.03.